The van der Waals surface area contributed by atoms with Gasteiger partial charge in [0.1, 0.15) is 18.1 Å². The molecule has 0 atom stereocenters. The number of phenolic OH excluding ortho intramolecular Hbond substituents is 1. The Hall–Kier alpha value is -2.49. The molecule has 2 rings (SSSR count). The Labute approximate surface area is 137 Å². The maximum atomic E-state index is 12.3. The average molecular weight is 313 g/mol. The molecule has 2 aromatic rings. The minimum Gasteiger partial charge on any atom is -0.507 e. The molecule has 0 spiro atoms. The van der Waals surface area contributed by atoms with E-state index in [4.69, 9.17) is 4.74 Å². The van der Waals surface area contributed by atoms with Crippen molar-refractivity contribution in [2.75, 3.05) is 20.2 Å². The van der Waals surface area contributed by atoms with Crippen LogP contribution in [0.15, 0.2) is 36.4 Å². The standard InChI is InChI=1S/C19H23NO3/c1-13-5-6-17(18(21)12-13)19(22)20(4)7-8-23-16-10-14(2)9-15(3)11-16/h5-6,9-12,21H,7-8H2,1-4H3. The van der Waals surface area contributed by atoms with Gasteiger partial charge in [-0.15, -0.1) is 0 Å². The first-order chi connectivity index (χ1) is 10.9. The van der Waals surface area contributed by atoms with Gasteiger partial charge in [-0.1, -0.05) is 12.1 Å². The number of aromatic hydroxyl groups is 1. The van der Waals surface area contributed by atoms with Crippen LogP contribution in [0.1, 0.15) is 27.0 Å². The van der Waals surface area contributed by atoms with Crippen LogP contribution in [0.4, 0.5) is 0 Å². The zero-order chi connectivity index (χ0) is 17.0. The van der Waals surface area contributed by atoms with Crippen molar-refractivity contribution >= 4 is 5.91 Å². The highest BCUT2D eigenvalue weighted by atomic mass is 16.5. The van der Waals surface area contributed by atoms with Crippen molar-refractivity contribution in [2.45, 2.75) is 20.8 Å². The molecule has 0 saturated heterocycles. The molecule has 4 nitrogen and oxygen atoms in total. The summed E-state index contributed by atoms with van der Waals surface area (Å²) in [5, 5.41) is 9.90. The fraction of sp³-hybridized carbons (Fsp3) is 0.316. The van der Waals surface area contributed by atoms with Crippen molar-refractivity contribution < 1.29 is 14.6 Å². The van der Waals surface area contributed by atoms with Gasteiger partial charge in [0, 0.05) is 7.05 Å². The summed E-state index contributed by atoms with van der Waals surface area (Å²) in [6.45, 7) is 6.76. The molecule has 0 aromatic heterocycles. The van der Waals surface area contributed by atoms with Crippen molar-refractivity contribution in [3.8, 4) is 11.5 Å². The first-order valence-electron chi connectivity index (χ1n) is 7.63. The van der Waals surface area contributed by atoms with Gasteiger partial charge in [0.15, 0.2) is 0 Å². The number of nitrogens with zero attached hydrogens (tertiary/aromatic N) is 1. The highest BCUT2D eigenvalue weighted by molar-refractivity contribution is 5.96. The van der Waals surface area contributed by atoms with Crippen LogP contribution in [0.25, 0.3) is 0 Å². The van der Waals surface area contributed by atoms with Gasteiger partial charge in [-0.05, 0) is 61.7 Å². The Morgan fingerprint density at radius 1 is 1.04 bits per heavy atom. The molecule has 0 radical (unpaired) electrons. The molecule has 23 heavy (non-hydrogen) atoms. The second-order valence-corrected chi connectivity index (χ2v) is 5.92. The highest BCUT2D eigenvalue weighted by Gasteiger charge is 2.15. The molecule has 1 N–H and O–H groups in total. The smallest absolute Gasteiger partial charge is 0.257 e. The lowest BCUT2D eigenvalue weighted by molar-refractivity contribution is 0.0770. The Balaban J connectivity index is 1.93. The Morgan fingerprint density at radius 2 is 1.70 bits per heavy atom. The molecule has 122 valence electrons. The van der Waals surface area contributed by atoms with E-state index in [-0.39, 0.29) is 11.7 Å². The van der Waals surface area contributed by atoms with Gasteiger partial charge in [-0.25, -0.2) is 0 Å². The number of benzene rings is 2. The van der Waals surface area contributed by atoms with Crippen molar-refractivity contribution in [1.29, 1.82) is 0 Å². The van der Waals surface area contributed by atoms with Crippen molar-refractivity contribution in [2.24, 2.45) is 0 Å². The minimum atomic E-state index is -0.216. The lowest BCUT2D eigenvalue weighted by Gasteiger charge is -2.18. The van der Waals surface area contributed by atoms with Crippen LogP contribution in [-0.4, -0.2) is 36.1 Å². The van der Waals surface area contributed by atoms with Gasteiger partial charge in [0.25, 0.3) is 5.91 Å². The summed E-state index contributed by atoms with van der Waals surface area (Å²) in [7, 11) is 1.70. The predicted octanol–water partition coefficient (Wildman–Crippen LogP) is 3.47. The van der Waals surface area contributed by atoms with Gasteiger partial charge in [-0.3, -0.25) is 4.79 Å². The van der Waals surface area contributed by atoms with E-state index in [1.807, 2.05) is 39.0 Å². The van der Waals surface area contributed by atoms with E-state index in [1.165, 1.54) is 0 Å². The molecule has 0 aliphatic rings. The maximum Gasteiger partial charge on any atom is 0.257 e. The number of carbonyl (C=O) groups is 1. The molecule has 0 heterocycles. The van der Waals surface area contributed by atoms with Gasteiger partial charge in [0.2, 0.25) is 0 Å². The third kappa shape index (κ3) is 4.49. The van der Waals surface area contributed by atoms with Crippen LogP contribution in [-0.2, 0) is 0 Å². The third-order valence-corrected chi connectivity index (χ3v) is 3.62. The van der Waals surface area contributed by atoms with Crippen molar-refractivity contribution in [1.82, 2.24) is 4.90 Å². The SMILES string of the molecule is Cc1cc(C)cc(OCCN(C)C(=O)c2ccc(C)cc2O)c1. The molecular weight excluding hydrogens is 290 g/mol. The number of carbonyl (C=O) groups excluding carboxylic acids is 1. The summed E-state index contributed by atoms with van der Waals surface area (Å²) in [5.74, 6) is 0.602. The largest absolute Gasteiger partial charge is 0.507 e. The molecule has 0 aliphatic heterocycles. The number of hydrogen-bond donors (Lipinski definition) is 1. The monoisotopic (exact) mass is 313 g/mol. The highest BCUT2D eigenvalue weighted by Crippen LogP contribution is 2.20. The number of amides is 1. The fourth-order valence-electron chi connectivity index (χ4n) is 2.45. The van der Waals surface area contributed by atoms with Crippen LogP contribution < -0.4 is 4.74 Å². The zero-order valence-electron chi connectivity index (χ0n) is 14.1. The Morgan fingerprint density at radius 3 is 2.30 bits per heavy atom. The van der Waals surface area contributed by atoms with Gasteiger partial charge in [0.05, 0.1) is 12.1 Å². The van der Waals surface area contributed by atoms with Crippen LogP contribution in [0.2, 0.25) is 0 Å². The lowest BCUT2D eigenvalue weighted by atomic mass is 10.1. The molecule has 0 saturated carbocycles. The topological polar surface area (TPSA) is 49.8 Å². The van der Waals surface area contributed by atoms with Crippen LogP contribution >= 0.6 is 0 Å². The normalized spacial score (nSPS) is 10.4. The number of ether oxygens (including phenoxy) is 1. The zero-order valence-corrected chi connectivity index (χ0v) is 14.1. The number of phenols is 1. The Bertz CT molecular complexity index is 690. The van der Waals surface area contributed by atoms with E-state index in [0.717, 1.165) is 22.4 Å². The molecule has 2 aromatic carbocycles. The average Bonchev–Trinajstić information content (AvgIpc) is 2.45. The van der Waals surface area contributed by atoms with Gasteiger partial charge >= 0.3 is 0 Å². The van der Waals surface area contributed by atoms with E-state index in [2.05, 4.69) is 6.07 Å². The van der Waals surface area contributed by atoms with E-state index in [0.29, 0.717) is 18.7 Å². The van der Waals surface area contributed by atoms with Crippen LogP contribution in [0.3, 0.4) is 0 Å². The summed E-state index contributed by atoms with van der Waals surface area (Å²) in [5.41, 5.74) is 3.52. The summed E-state index contributed by atoms with van der Waals surface area (Å²) in [6.07, 6.45) is 0. The molecule has 0 aliphatic carbocycles. The van der Waals surface area contributed by atoms with Crippen molar-refractivity contribution in [3.63, 3.8) is 0 Å². The van der Waals surface area contributed by atoms with E-state index >= 15 is 0 Å². The quantitative estimate of drug-likeness (QED) is 0.919. The molecule has 0 fully saturated rings. The minimum absolute atomic E-state index is 0.0112. The molecule has 1 amide bonds. The van der Waals surface area contributed by atoms with Crippen molar-refractivity contribution in [3.05, 3.63) is 58.7 Å². The van der Waals surface area contributed by atoms with E-state index in [1.54, 1.807) is 24.1 Å². The fourth-order valence-corrected chi connectivity index (χ4v) is 2.45. The number of likely N-dealkylation sites (N-methyl/N-ethyl adjacent to an activating group) is 1. The van der Waals surface area contributed by atoms with Gasteiger partial charge in [-0.2, -0.15) is 0 Å². The molecular formula is C19H23NO3. The summed E-state index contributed by atoms with van der Waals surface area (Å²) in [4.78, 5) is 13.9. The predicted molar refractivity (Wildman–Crippen MR) is 91.2 cm³/mol. The van der Waals surface area contributed by atoms with Crippen LogP contribution in [0, 0.1) is 20.8 Å². The number of rotatable bonds is 5. The maximum absolute atomic E-state index is 12.3. The number of hydrogen-bond acceptors (Lipinski definition) is 3. The second kappa shape index (κ2) is 7.18. The second-order valence-electron chi connectivity index (χ2n) is 5.92. The molecule has 0 unspecified atom stereocenters. The van der Waals surface area contributed by atoms with Crippen LogP contribution in [0.5, 0.6) is 11.5 Å². The molecule has 4 heteroatoms. The number of aryl methyl sites for hydroxylation is 3. The first kappa shape index (κ1) is 16.9. The lowest BCUT2D eigenvalue weighted by Crippen LogP contribution is -2.30. The molecule has 0 bridgehead atoms. The van der Waals surface area contributed by atoms with E-state index < -0.39 is 0 Å². The third-order valence-electron chi connectivity index (χ3n) is 3.62. The Kier molecular flexibility index (Phi) is 5.27. The first-order valence-corrected chi connectivity index (χ1v) is 7.63. The summed E-state index contributed by atoms with van der Waals surface area (Å²) in [6, 6.07) is 11.1. The summed E-state index contributed by atoms with van der Waals surface area (Å²) >= 11 is 0. The summed E-state index contributed by atoms with van der Waals surface area (Å²) < 4.78 is 5.72. The van der Waals surface area contributed by atoms with E-state index in [9.17, 15) is 9.90 Å². The van der Waals surface area contributed by atoms with Gasteiger partial charge < -0.3 is 14.7 Å².